The van der Waals surface area contributed by atoms with Gasteiger partial charge in [0.1, 0.15) is 5.69 Å². The van der Waals surface area contributed by atoms with Gasteiger partial charge in [-0.15, -0.1) is 0 Å². The third-order valence-corrected chi connectivity index (χ3v) is 5.36. The Bertz CT molecular complexity index is 866. The van der Waals surface area contributed by atoms with Crippen LogP contribution in [0.3, 0.4) is 0 Å². The Balaban J connectivity index is 1.24. The van der Waals surface area contributed by atoms with Crippen molar-refractivity contribution in [2.45, 2.75) is 24.9 Å². The van der Waals surface area contributed by atoms with E-state index in [0.717, 1.165) is 37.2 Å². The fourth-order valence-electron chi connectivity index (χ4n) is 3.59. The predicted octanol–water partition coefficient (Wildman–Crippen LogP) is 2.63. The van der Waals surface area contributed by atoms with E-state index < -0.39 is 0 Å². The Morgan fingerprint density at radius 1 is 1.29 bits per heavy atom. The molecule has 3 N–H and O–H groups in total. The summed E-state index contributed by atoms with van der Waals surface area (Å²) >= 11 is 0. The van der Waals surface area contributed by atoms with Gasteiger partial charge in [0.25, 0.3) is 5.91 Å². The van der Waals surface area contributed by atoms with Crippen LogP contribution < -0.4 is 10.6 Å². The van der Waals surface area contributed by atoms with Crippen LogP contribution in [0.15, 0.2) is 57.9 Å². The van der Waals surface area contributed by atoms with E-state index in [1.165, 1.54) is 0 Å². The molecule has 2 aliphatic rings. The highest BCUT2D eigenvalue weighted by molar-refractivity contribution is 5.92. The first kappa shape index (κ1) is 18.4. The van der Waals surface area contributed by atoms with Crippen LogP contribution >= 0.6 is 0 Å². The van der Waals surface area contributed by atoms with Crippen LogP contribution in [0.2, 0.25) is 0 Å². The number of aromatic nitrogens is 1. The smallest absolute Gasteiger partial charge is 0.290 e. The van der Waals surface area contributed by atoms with Gasteiger partial charge in [-0.1, -0.05) is 35.5 Å². The maximum Gasteiger partial charge on any atom is 0.290 e. The van der Waals surface area contributed by atoms with Crippen molar-refractivity contribution in [3.63, 3.8) is 0 Å². The largest absolute Gasteiger partial charge is 0.386 e. The van der Waals surface area contributed by atoms with E-state index in [2.05, 4.69) is 32.9 Å². The van der Waals surface area contributed by atoms with Gasteiger partial charge in [0.15, 0.2) is 0 Å². The second-order valence-electron chi connectivity index (χ2n) is 7.55. The molecular formula is C20H24N6O2. The Hall–Kier alpha value is -3.00. The van der Waals surface area contributed by atoms with Gasteiger partial charge >= 0.3 is 0 Å². The minimum Gasteiger partial charge on any atom is -0.386 e. The maximum absolute atomic E-state index is 12.4. The molecule has 146 valence electrons. The Morgan fingerprint density at radius 3 is 2.71 bits per heavy atom. The number of carbonyl (C=O) groups is 1. The lowest BCUT2D eigenvalue weighted by Gasteiger charge is -2.38. The minimum atomic E-state index is -0.243. The van der Waals surface area contributed by atoms with Gasteiger partial charge in [-0.25, -0.2) is 5.53 Å². The fourth-order valence-corrected chi connectivity index (χ4v) is 3.59. The molecule has 0 spiro atoms. The SMILES string of the molecule is CN1CC(/C(=C/NC2CC(NC(=O)c3cc(-c4ccccc4)no3)C2)N=N)C1. The van der Waals surface area contributed by atoms with Crippen LogP contribution in [0, 0.1) is 11.4 Å². The average molecular weight is 380 g/mol. The summed E-state index contributed by atoms with van der Waals surface area (Å²) in [5.41, 5.74) is 9.69. The molecule has 2 fully saturated rings. The van der Waals surface area contributed by atoms with E-state index in [1.54, 1.807) is 6.07 Å². The van der Waals surface area contributed by atoms with Crippen molar-refractivity contribution < 1.29 is 9.32 Å². The van der Waals surface area contributed by atoms with Crippen molar-refractivity contribution in [3.05, 3.63) is 54.1 Å². The second kappa shape index (κ2) is 7.93. The van der Waals surface area contributed by atoms with E-state index in [4.69, 9.17) is 10.1 Å². The van der Waals surface area contributed by atoms with Crippen molar-refractivity contribution in [2.24, 2.45) is 11.0 Å². The molecule has 28 heavy (non-hydrogen) atoms. The highest BCUT2D eigenvalue weighted by Crippen LogP contribution is 2.25. The van der Waals surface area contributed by atoms with E-state index >= 15 is 0 Å². The molecule has 8 heteroatoms. The molecule has 2 heterocycles. The average Bonchev–Trinajstić information content (AvgIpc) is 3.15. The fraction of sp³-hybridized carbons (Fsp3) is 0.400. The molecular weight excluding hydrogens is 356 g/mol. The lowest BCUT2D eigenvalue weighted by Crippen LogP contribution is -2.51. The lowest BCUT2D eigenvalue weighted by molar-refractivity contribution is 0.0868. The Labute approximate surface area is 163 Å². The molecule has 0 bridgehead atoms. The highest BCUT2D eigenvalue weighted by Gasteiger charge is 2.32. The van der Waals surface area contributed by atoms with E-state index in [9.17, 15) is 4.79 Å². The number of amides is 1. The van der Waals surface area contributed by atoms with E-state index in [1.807, 2.05) is 36.5 Å². The number of nitrogens with one attached hydrogen (secondary N) is 3. The molecule has 0 atom stereocenters. The third kappa shape index (κ3) is 3.96. The molecule has 1 aliphatic heterocycles. The van der Waals surface area contributed by atoms with Gasteiger partial charge in [0.05, 0.1) is 5.70 Å². The van der Waals surface area contributed by atoms with Gasteiger partial charge in [0, 0.05) is 48.9 Å². The number of carbonyl (C=O) groups excluding carboxylic acids is 1. The summed E-state index contributed by atoms with van der Waals surface area (Å²) in [7, 11) is 2.06. The molecule has 0 radical (unpaired) electrons. The third-order valence-electron chi connectivity index (χ3n) is 5.36. The minimum absolute atomic E-state index is 0.106. The molecule has 2 aromatic rings. The molecule has 1 aromatic carbocycles. The number of nitrogens with zero attached hydrogens (tertiary/aromatic N) is 3. The first-order valence-electron chi connectivity index (χ1n) is 9.47. The molecule has 0 unspecified atom stereocenters. The molecule has 8 nitrogen and oxygen atoms in total. The van der Waals surface area contributed by atoms with Gasteiger partial charge in [0.2, 0.25) is 5.76 Å². The van der Waals surface area contributed by atoms with Crippen LogP contribution in [0.25, 0.3) is 11.3 Å². The number of hydrogen-bond donors (Lipinski definition) is 3. The summed E-state index contributed by atoms with van der Waals surface area (Å²) in [4.78, 5) is 14.6. The molecule has 4 rings (SSSR count). The van der Waals surface area contributed by atoms with Gasteiger partial charge < -0.3 is 20.1 Å². The van der Waals surface area contributed by atoms with Crippen molar-refractivity contribution in [2.75, 3.05) is 20.1 Å². The maximum atomic E-state index is 12.4. The predicted molar refractivity (Wildman–Crippen MR) is 104 cm³/mol. The van der Waals surface area contributed by atoms with Crippen molar-refractivity contribution >= 4 is 5.91 Å². The molecule has 1 aromatic heterocycles. The molecule has 1 saturated carbocycles. The quantitative estimate of drug-likeness (QED) is 0.640. The zero-order valence-electron chi connectivity index (χ0n) is 15.8. The van der Waals surface area contributed by atoms with Crippen LogP contribution in [-0.2, 0) is 0 Å². The first-order valence-corrected chi connectivity index (χ1v) is 9.47. The zero-order chi connectivity index (χ0) is 19.5. The Morgan fingerprint density at radius 2 is 2.04 bits per heavy atom. The summed E-state index contributed by atoms with van der Waals surface area (Å²) in [6.07, 6.45) is 3.52. The highest BCUT2D eigenvalue weighted by atomic mass is 16.5. The number of hydrogen-bond acceptors (Lipinski definition) is 7. The summed E-state index contributed by atoms with van der Waals surface area (Å²) in [6, 6.07) is 11.7. The van der Waals surface area contributed by atoms with Crippen LogP contribution in [0.4, 0.5) is 0 Å². The topological polar surface area (TPSA) is 107 Å². The number of benzene rings is 1. The zero-order valence-corrected chi connectivity index (χ0v) is 15.8. The molecule has 1 aliphatic carbocycles. The summed E-state index contributed by atoms with van der Waals surface area (Å²) in [5.74, 6) is 0.323. The molecule has 1 saturated heterocycles. The van der Waals surface area contributed by atoms with Crippen molar-refractivity contribution in [1.29, 1.82) is 5.53 Å². The monoisotopic (exact) mass is 380 g/mol. The van der Waals surface area contributed by atoms with Crippen LogP contribution in [-0.4, -0.2) is 48.2 Å². The summed E-state index contributed by atoms with van der Waals surface area (Å²) in [5, 5.41) is 13.9. The van der Waals surface area contributed by atoms with Gasteiger partial charge in [-0.2, -0.15) is 5.11 Å². The summed E-state index contributed by atoms with van der Waals surface area (Å²) < 4.78 is 5.20. The standard InChI is InChI=1S/C20H24N6O2/c1-26-11-14(12-26)18(24-21)10-22-15-7-16(8-15)23-20(27)19-9-17(25-28-19)13-5-3-2-4-6-13/h2-6,9-10,14-16,21-22H,7-8,11-12H2,1H3,(H,23,27)/b18-10-,24-21?. The van der Waals surface area contributed by atoms with Gasteiger partial charge in [-0.3, -0.25) is 4.79 Å². The van der Waals surface area contributed by atoms with Gasteiger partial charge in [-0.05, 0) is 19.9 Å². The Kier molecular flexibility index (Phi) is 5.21. The van der Waals surface area contributed by atoms with E-state index in [-0.39, 0.29) is 23.8 Å². The second-order valence-corrected chi connectivity index (χ2v) is 7.55. The lowest BCUT2D eigenvalue weighted by atomic mass is 9.86. The number of likely N-dealkylation sites (tertiary alicyclic amines) is 1. The van der Waals surface area contributed by atoms with Crippen LogP contribution in [0.1, 0.15) is 23.4 Å². The van der Waals surface area contributed by atoms with Crippen molar-refractivity contribution in [3.8, 4) is 11.3 Å². The molecule has 1 amide bonds. The van der Waals surface area contributed by atoms with E-state index in [0.29, 0.717) is 11.6 Å². The van der Waals surface area contributed by atoms with Crippen LogP contribution in [0.5, 0.6) is 0 Å². The first-order chi connectivity index (χ1) is 13.6. The normalized spacial score (nSPS) is 22.8. The van der Waals surface area contributed by atoms with Crippen molar-refractivity contribution in [1.82, 2.24) is 20.7 Å². The number of rotatable bonds is 7. The summed E-state index contributed by atoms with van der Waals surface area (Å²) in [6.45, 7) is 1.89.